The molecule has 2 heterocycles. The summed E-state index contributed by atoms with van der Waals surface area (Å²) < 4.78 is 13.7. The molecule has 6 heteroatoms. The summed E-state index contributed by atoms with van der Waals surface area (Å²) in [4.78, 5) is 13.5. The number of halogens is 1. The number of piperazine rings is 1. The number of anilines is 3. The van der Waals surface area contributed by atoms with Gasteiger partial charge < -0.3 is 15.1 Å². The Morgan fingerprint density at radius 1 is 0.931 bits per heavy atom. The molecule has 3 aromatic rings. The van der Waals surface area contributed by atoms with Crippen molar-refractivity contribution in [2.45, 2.75) is 13.3 Å². The molecule has 5 nitrogen and oxygen atoms in total. The standard InChI is InChI=1S/C23H26FN5/c1-18-5-4-7-20(15-18)28-11-13-29(14-12-28)23-16-22(26-17-27-23)25-10-9-19-6-2-3-8-21(19)24/h2-8,15-17H,9-14H2,1H3,(H,25,26,27). The van der Waals surface area contributed by atoms with Crippen LogP contribution >= 0.6 is 0 Å². The van der Waals surface area contributed by atoms with Crippen molar-refractivity contribution < 1.29 is 4.39 Å². The van der Waals surface area contributed by atoms with Crippen LogP contribution < -0.4 is 15.1 Å². The molecule has 1 saturated heterocycles. The summed E-state index contributed by atoms with van der Waals surface area (Å²) in [6.07, 6.45) is 2.20. The molecule has 0 spiro atoms. The normalized spacial score (nSPS) is 14.1. The first-order valence-corrected chi connectivity index (χ1v) is 10.0. The average molecular weight is 391 g/mol. The first-order chi connectivity index (χ1) is 14.2. The molecular weight excluding hydrogens is 365 g/mol. The molecule has 1 aliphatic rings. The average Bonchev–Trinajstić information content (AvgIpc) is 2.75. The quantitative estimate of drug-likeness (QED) is 0.690. The fourth-order valence-corrected chi connectivity index (χ4v) is 3.66. The van der Waals surface area contributed by atoms with E-state index in [4.69, 9.17) is 0 Å². The SMILES string of the molecule is Cc1cccc(N2CCN(c3cc(NCCc4ccccc4F)ncn3)CC2)c1. The van der Waals surface area contributed by atoms with E-state index < -0.39 is 0 Å². The lowest BCUT2D eigenvalue weighted by Gasteiger charge is -2.36. The van der Waals surface area contributed by atoms with E-state index in [9.17, 15) is 4.39 Å². The van der Waals surface area contributed by atoms with E-state index in [-0.39, 0.29) is 5.82 Å². The summed E-state index contributed by atoms with van der Waals surface area (Å²) in [5, 5.41) is 3.29. The van der Waals surface area contributed by atoms with E-state index >= 15 is 0 Å². The Kier molecular flexibility index (Phi) is 5.89. The molecule has 1 aromatic heterocycles. The third kappa shape index (κ3) is 4.83. The number of benzene rings is 2. The zero-order valence-corrected chi connectivity index (χ0v) is 16.7. The zero-order chi connectivity index (χ0) is 20.1. The number of rotatable bonds is 6. The van der Waals surface area contributed by atoms with Gasteiger partial charge in [0.25, 0.3) is 0 Å². The lowest BCUT2D eigenvalue weighted by atomic mass is 10.1. The van der Waals surface area contributed by atoms with Gasteiger partial charge in [-0.3, -0.25) is 0 Å². The van der Waals surface area contributed by atoms with E-state index in [1.54, 1.807) is 12.4 Å². The first kappa shape index (κ1) is 19.2. The van der Waals surface area contributed by atoms with Gasteiger partial charge in [-0.05, 0) is 42.7 Å². The van der Waals surface area contributed by atoms with Crippen LogP contribution in [0.25, 0.3) is 0 Å². The highest BCUT2D eigenvalue weighted by molar-refractivity contribution is 5.53. The second-order valence-electron chi connectivity index (χ2n) is 7.34. The number of hydrogen-bond acceptors (Lipinski definition) is 5. The van der Waals surface area contributed by atoms with Crippen LogP contribution in [0.15, 0.2) is 60.9 Å². The topological polar surface area (TPSA) is 44.3 Å². The summed E-state index contributed by atoms with van der Waals surface area (Å²) >= 11 is 0. The van der Waals surface area contributed by atoms with Crippen LogP contribution in [-0.2, 0) is 6.42 Å². The fraction of sp³-hybridized carbons (Fsp3) is 0.304. The Morgan fingerprint density at radius 2 is 1.72 bits per heavy atom. The monoisotopic (exact) mass is 391 g/mol. The lowest BCUT2D eigenvalue weighted by molar-refractivity contribution is 0.610. The van der Waals surface area contributed by atoms with Gasteiger partial charge in [-0.2, -0.15) is 0 Å². The van der Waals surface area contributed by atoms with Gasteiger partial charge in [-0.15, -0.1) is 0 Å². The lowest BCUT2D eigenvalue weighted by Crippen LogP contribution is -2.46. The highest BCUT2D eigenvalue weighted by Gasteiger charge is 2.18. The minimum absolute atomic E-state index is 0.163. The number of aryl methyl sites for hydroxylation is 1. The molecule has 150 valence electrons. The fourth-order valence-electron chi connectivity index (χ4n) is 3.66. The zero-order valence-electron chi connectivity index (χ0n) is 16.7. The van der Waals surface area contributed by atoms with Gasteiger partial charge in [0.2, 0.25) is 0 Å². The van der Waals surface area contributed by atoms with Crippen LogP contribution in [0.2, 0.25) is 0 Å². The number of nitrogens with zero attached hydrogens (tertiary/aromatic N) is 4. The van der Waals surface area contributed by atoms with Crippen molar-refractivity contribution in [1.82, 2.24) is 9.97 Å². The third-order valence-corrected chi connectivity index (χ3v) is 5.28. The van der Waals surface area contributed by atoms with Gasteiger partial charge >= 0.3 is 0 Å². The highest BCUT2D eigenvalue weighted by atomic mass is 19.1. The molecule has 29 heavy (non-hydrogen) atoms. The molecule has 1 N–H and O–H groups in total. The summed E-state index contributed by atoms with van der Waals surface area (Å²) in [5.41, 5.74) is 3.27. The van der Waals surface area contributed by atoms with Crippen molar-refractivity contribution in [2.24, 2.45) is 0 Å². The van der Waals surface area contributed by atoms with Crippen molar-refractivity contribution in [3.05, 3.63) is 77.9 Å². The Morgan fingerprint density at radius 3 is 2.52 bits per heavy atom. The summed E-state index contributed by atoms with van der Waals surface area (Å²) in [6, 6.07) is 17.5. The summed E-state index contributed by atoms with van der Waals surface area (Å²) in [6.45, 7) is 6.51. The van der Waals surface area contributed by atoms with E-state index in [2.05, 4.69) is 56.3 Å². The molecule has 0 atom stereocenters. The maximum Gasteiger partial charge on any atom is 0.134 e. The van der Waals surface area contributed by atoms with Gasteiger partial charge in [-0.1, -0.05) is 30.3 Å². The summed E-state index contributed by atoms with van der Waals surface area (Å²) in [7, 11) is 0. The van der Waals surface area contributed by atoms with E-state index in [0.29, 0.717) is 18.5 Å². The van der Waals surface area contributed by atoms with Gasteiger partial charge in [0.05, 0.1) is 0 Å². The first-order valence-electron chi connectivity index (χ1n) is 10.0. The molecule has 1 aliphatic heterocycles. The third-order valence-electron chi connectivity index (χ3n) is 5.28. The van der Waals surface area contributed by atoms with Crippen molar-refractivity contribution in [3.8, 4) is 0 Å². The molecule has 2 aromatic carbocycles. The smallest absolute Gasteiger partial charge is 0.134 e. The van der Waals surface area contributed by atoms with Crippen molar-refractivity contribution in [3.63, 3.8) is 0 Å². The van der Waals surface area contributed by atoms with Crippen molar-refractivity contribution >= 4 is 17.3 Å². The minimum Gasteiger partial charge on any atom is -0.370 e. The second-order valence-corrected chi connectivity index (χ2v) is 7.34. The Hall–Kier alpha value is -3.15. The van der Waals surface area contributed by atoms with Gasteiger partial charge in [-0.25, -0.2) is 14.4 Å². The Balaban J connectivity index is 1.32. The van der Waals surface area contributed by atoms with Gasteiger partial charge in [0.15, 0.2) is 0 Å². The largest absolute Gasteiger partial charge is 0.370 e. The number of aromatic nitrogens is 2. The minimum atomic E-state index is -0.163. The van der Waals surface area contributed by atoms with Crippen LogP contribution in [0.5, 0.6) is 0 Å². The molecule has 0 unspecified atom stereocenters. The predicted octanol–water partition coefficient (Wildman–Crippen LogP) is 3.91. The van der Waals surface area contributed by atoms with Gasteiger partial charge in [0.1, 0.15) is 23.8 Å². The molecule has 0 bridgehead atoms. The molecule has 0 saturated carbocycles. The van der Waals surface area contributed by atoms with Gasteiger partial charge in [0, 0.05) is 44.5 Å². The van der Waals surface area contributed by atoms with E-state index in [0.717, 1.165) is 37.8 Å². The van der Waals surface area contributed by atoms with Crippen molar-refractivity contribution in [1.29, 1.82) is 0 Å². The maximum absolute atomic E-state index is 13.7. The molecule has 1 fully saturated rings. The van der Waals surface area contributed by atoms with E-state index in [1.807, 2.05) is 18.2 Å². The molecular formula is C23H26FN5. The molecule has 0 aliphatic carbocycles. The predicted molar refractivity (Wildman–Crippen MR) is 116 cm³/mol. The van der Waals surface area contributed by atoms with Crippen LogP contribution in [0.4, 0.5) is 21.7 Å². The molecule has 4 rings (SSSR count). The number of nitrogens with one attached hydrogen (secondary N) is 1. The van der Waals surface area contributed by atoms with Crippen LogP contribution in [-0.4, -0.2) is 42.7 Å². The van der Waals surface area contributed by atoms with Crippen molar-refractivity contribution in [2.75, 3.05) is 47.8 Å². The highest BCUT2D eigenvalue weighted by Crippen LogP contribution is 2.21. The number of hydrogen-bond donors (Lipinski definition) is 1. The Bertz CT molecular complexity index is 953. The molecule has 0 amide bonds. The Labute approximate surface area is 171 Å². The second kappa shape index (κ2) is 8.90. The molecule has 0 radical (unpaired) electrons. The van der Waals surface area contributed by atoms with Crippen LogP contribution in [0, 0.1) is 12.7 Å². The maximum atomic E-state index is 13.7. The van der Waals surface area contributed by atoms with Crippen LogP contribution in [0.1, 0.15) is 11.1 Å². The summed E-state index contributed by atoms with van der Waals surface area (Å²) in [5.74, 6) is 1.54. The van der Waals surface area contributed by atoms with E-state index in [1.165, 1.54) is 17.3 Å². The van der Waals surface area contributed by atoms with Crippen LogP contribution in [0.3, 0.4) is 0 Å².